The van der Waals surface area contributed by atoms with Crippen LogP contribution in [-0.4, -0.2) is 43.5 Å². The molecular formula is C25H29ClN2O5. The van der Waals surface area contributed by atoms with Crippen molar-refractivity contribution in [2.24, 2.45) is 0 Å². The topological polar surface area (TPSA) is 93.7 Å². The average Bonchev–Trinajstić information content (AvgIpc) is 2.81. The number of aryl methyl sites for hydroxylation is 1. The van der Waals surface area contributed by atoms with Gasteiger partial charge < -0.3 is 20.1 Å². The van der Waals surface area contributed by atoms with Crippen molar-refractivity contribution in [2.45, 2.75) is 45.4 Å². The molecule has 8 heteroatoms. The Bertz CT molecular complexity index is 974. The minimum absolute atomic E-state index is 0.130. The first-order valence-electron chi connectivity index (χ1n) is 11.1. The second-order valence-corrected chi connectivity index (χ2v) is 8.33. The molecule has 0 aliphatic carbocycles. The van der Waals surface area contributed by atoms with Crippen LogP contribution in [0.15, 0.2) is 42.5 Å². The fraction of sp³-hybridized carbons (Fsp3) is 0.400. The quantitative estimate of drug-likeness (QED) is 0.665. The van der Waals surface area contributed by atoms with Crippen molar-refractivity contribution in [1.29, 1.82) is 0 Å². The third-order valence-corrected chi connectivity index (χ3v) is 5.90. The normalized spacial score (nSPS) is 17.9. The van der Waals surface area contributed by atoms with Crippen LogP contribution in [0.2, 0.25) is 5.02 Å². The molecule has 0 bridgehead atoms. The van der Waals surface area contributed by atoms with Crippen molar-refractivity contribution in [3.8, 4) is 0 Å². The predicted octanol–water partition coefficient (Wildman–Crippen LogP) is 3.35. The number of hydrogen-bond donors (Lipinski definition) is 2. The summed E-state index contributed by atoms with van der Waals surface area (Å²) in [6.45, 7) is 3.68. The van der Waals surface area contributed by atoms with Gasteiger partial charge in [-0.1, -0.05) is 41.9 Å². The van der Waals surface area contributed by atoms with Crippen LogP contribution >= 0.6 is 11.6 Å². The highest BCUT2D eigenvalue weighted by atomic mass is 35.5. The highest BCUT2D eigenvalue weighted by Gasteiger charge is 2.27. The van der Waals surface area contributed by atoms with Crippen molar-refractivity contribution in [1.82, 2.24) is 10.6 Å². The number of carbonyl (C=O) groups excluding carboxylic acids is 3. The van der Waals surface area contributed by atoms with E-state index in [1.807, 2.05) is 25.1 Å². The van der Waals surface area contributed by atoms with E-state index in [0.717, 1.165) is 11.1 Å². The third-order valence-electron chi connectivity index (χ3n) is 5.55. The Labute approximate surface area is 198 Å². The first kappa shape index (κ1) is 24.9. The molecule has 0 saturated heterocycles. The lowest BCUT2D eigenvalue weighted by molar-refractivity contribution is -0.139. The van der Waals surface area contributed by atoms with E-state index in [2.05, 4.69) is 10.6 Å². The minimum Gasteiger partial charge on any atom is -0.379 e. The SMILES string of the molecule is Cc1cccc(Cl)c1CNC(=O)C(=O)C1CCCCOCCOCc2ccccc2C(=O)N1. The maximum absolute atomic E-state index is 13.0. The van der Waals surface area contributed by atoms with Gasteiger partial charge in [-0.2, -0.15) is 0 Å². The number of carbonyl (C=O) groups is 3. The summed E-state index contributed by atoms with van der Waals surface area (Å²) in [5, 5.41) is 5.93. The molecule has 0 radical (unpaired) electrons. The third kappa shape index (κ3) is 7.12. The fourth-order valence-corrected chi connectivity index (χ4v) is 3.92. The molecule has 0 aromatic heterocycles. The lowest BCUT2D eigenvalue weighted by atomic mass is 10.0. The van der Waals surface area contributed by atoms with Crippen molar-refractivity contribution >= 4 is 29.2 Å². The first-order chi connectivity index (χ1) is 16.0. The van der Waals surface area contributed by atoms with Crippen molar-refractivity contribution < 1.29 is 23.9 Å². The summed E-state index contributed by atoms with van der Waals surface area (Å²) in [7, 11) is 0. The van der Waals surface area contributed by atoms with Gasteiger partial charge in [0.2, 0.25) is 5.78 Å². The summed E-state index contributed by atoms with van der Waals surface area (Å²) < 4.78 is 11.2. The van der Waals surface area contributed by atoms with Crippen LogP contribution < -0.4 is 10.6 Å². The van der Waals surface area contributed by atoms with Gasteiger partial charge in [0.1, 0.15) is 0 Å². The lowest BCUT2D eigenvalue weighted by Crippen LogP contribution is -2.47. The van der Waals surface area contributed by atoms with Crippen LogP contribution in [0.4, 0.5) is 0 Å². The first-order valence-corrected chi connectivity index (χ1v) is 11.5. The molecule has 2 N–H and O–H groups in total. The van der Waals surface area contributed by atoms with Crippen LogP contribution in [0.5, 0.6) is 0 Å². The number of nitrogens with one attached hydrogen (secondary N) is 2. The van der Waals surface area contributed by atoms with Gasteiger partial charge in [-0.25, -0.2) is 0 Å². The second kappa shape index (κ2) is 12.5. The van der Waals surface area contributed by atoms with Gasteiger partial charge in [-0.15, -0.1) is 0 Å². The predicted molar refractivity (Wildman–Crippen MR) is 125 cm³/mol. The molecule has 1 aliphatic rings. The number of fused-ring (bicyclic) bond motifs is 1. The molecule has 1 unspecified atom stereocenters. The summed E-state index contributed by atoms with van der Waals surface area (Å²) in [5.41, 5.74) is 2.79. The molecule has 1 atom stereocenters. The Hall–Kier alpha value is -2.74. The highest BCUT2D eigenvalue weighted by molar-refractivity contribution is 6.38. The van der Waals surface area contributed by atoms with Gasteiger partial charge in [-0.05, 0) is 55.0 Å². The molecule has 0 fully saturated rings. The fourth-order valence-electron chi connectivity index (χ4n) is 3.63. The molecule has 1 aliphatic heterocycles. The van der Waals surface area contributed by atoms with E-state index in [-0.39, 0.29) is 13.2 Å². The van der Waals surface area contributed by atoms with E-state index in [1.165, 1.54) is 0 Å². The molecule has 0 saturated carbocycles. The standard InChI is InChI=1S/C25H29ClN2O5/c1-17-7-6-10-21(26)20(17)15-27-25(31)23(29)22-11-4-5-12-32-13-14-33-16-18-8-2-3-9-19(18)24(30)28-22/h2-3,6-10,22H,4-5,11-16H2,1H3,(H,27,31)(H,28,30). The van der Waals surface area contributed by atoms with Gasteiger partial charge in [0.25, 0.3) is 11.8 Å². The van der Waals surface area contributed by atoms with Crippen LogP contribution in [0, 0.1) is 6.92 Å². The summed E-state index contributed by atoms with van der Waals surface area (Å²) in [6.07, 6.45) is 1.66. The molecule has 0 spiro atoms. The number of hydrogen-bond acceptors (Lipinski definition) is 5. The van der Waals surface area contributed by atoms with Crippen molar-refractivity contribution in [3.63, 3.8) is 0 Å². The van der Waals surface area contributed by atoms with Crippen LogP contribution in [-0.2, 0) is 32.2 Å². The minimum atomic E-state index is -0.943. The van der Waals surface area contributed by atoms with E-state index in [9.17, 15) is 14.4 Å². The molecule has 2 aromatic rings. The highest BCUT2D eigenvalue weighted by Crippen LogP contribution is 2.19. The monoisotopic (exact) mass is 472 g/mol. The summed E-state index contributed by atoms with van der Waals surface area (Å²) in [5.74, 6) is -1.85. The van der Waals surface area contributed by atoms with Gasteiger partial charge in [0.15, 0.2) is 0 Å². The van der Waals surface area contributed by atoms with Crippen molar-refractivity contribution in [2.75, 3.05) is 19.8 Å². The van der Waals surface area contributed by atoms with Crippen LogP contribution in [0.25, 0.3) is 0 Å². The number of Topliss-reactive ketones (excluding diaryl/α,β-unsaturated/α-hetero) is 1. The zero-order valence-electron chi connectivity index (χ0n) is 18.7. The maximum atomic E-state index is 13.0. The van der Waals surface area contributed by atoms with Gasteiger partial charge in [0, 0.05) is 23.7 Å². The molecule has 7 nitrogen and oxygen atoms in total. The summed E-state index contributed by atoms with van der Waals surface area (Å²) in [4.78, 5) is 38.6. The van der Waals surface area contributed by atoms with Crippen molar-refractivity contribution in [3.05, 3.63) is 69.7 Å². The molecular weight excluding hydrogens is 444 g/mol. The molecule has 2 aromatic carbocycles. The number of ketones is 1. The number of ether oxygens (including phenoxy) is 2. The van der Waals surface area contributed by atoms with Gasteiger partial charge in [-0.3, -0.25) is 14.4 Å². The Balaban J connectivity index is 1.72. The Morgan fingerprint density at radius 2 is 1.85 bits per heavy atom. The zero-order chi connectivity index (χ0) is 23.6. The Morgan fingerprint density at radius 3 is 2.67 bits per heavy atom. The van der Waals surface area contributed by atoms with E-state index in [0.29, 0.717) is 55.2 Å². The number of amides is 2. The van der Waals surface area contributed by atoms with Gasteiger partial charge >= 0.3 is 0 Å². The van der Waals surface area contributed by atoms with E-state index >= 15 is 0 Å². The molecule has 2 amide bonds. The molecule has 3 rings (SSSR count). The number of rotatable bonds is 4. The Morgan fingerprint density at radius 1 is 1.06 bits per heavy atom. The van der Waals surface area contributed by atoms with E-state index < -0.39 is 23.6 Å². The van der Waals surface area contributed by atoms with E-state index in [1.54, 1.807) is 24.3 Å². The van der Waals surface area contributed by atoms with Gasteiger partial charge in [0.05, 0.1) is 25.9 Å². The maximum Gasteiger partial charge on any atom is 0.289 e. The average molecular weight is 473 g/mol. The van der Waals surface area contributed by atoms with Crippen LogP contribution in [0.3, 0.4) is 0 Å². The number of benzene rings is 2. The van der Waals surface area contributed by atoms with Crippen LogP contribution in [0.1, 0.15) is 46.3 Å². The lowest BCUT2D eigenvalue weighted by Gasteiger charge is -2.19. The summed E-state index contributed by atoms with van der Waals surface area (Å²) >= 11 is 6.22. The number of halogens is 1. The smallest absolute Gasteiger partial charge is 0.289 e. The summed E-state index contributed by atoms with van der Waals surface area (Å²) in [6, 6.07) is 11.6. The van der Waals surface area contributed by atoms with E-state index in [4.69, 9.17) is 21.1 Å². The second-order valence-electron chi connectivity index (χ2n) is 7.93. The zero-order valence-corrected chi connectivity index (χ0v) is 19.5. The Kier molecular flexibility index (Phi) is 9.42. The molecule has 1 heterocycles. The molecule has 176 valence electrons. The largest absolute Gasteiger partial charge is 0.379 e. The molecule has 33 heavy (non-hydrogen) atoms.